The van der Waals surface area contributed by atoms with Gasteiger partial charge in [0.05, 0.1) is 5.69 Å². The summed E-state index contributed by atoms with van der Waals surface area (Å²) in [5, 5.41) is 20.5. The third kappa shape index (κ3) is 3.71. The van der Waals surface area contributed by atoms with Crippen LogP contribution in [-0.2, 0) is 0 Å². The molecule has 0 heterocycles. The fraction of sp³-hybridized carbons (Fsp3) is 0.417. The molecule has 0 fully saturated rings. The molecule has 0 aliphatic carbocycles. The monoisotopic (exact) mass is 241 g/mol. The summed E-state index contributed by atoms with van der Waals surface area (Å²) in [5.74, 6) is -2.04. The van der Waals surface area contributed by atoms with Crippen molar-refractivity contribution < 1.29 is 19.4 Å². The number of carboxylic acid groups (broad SMARTS) is 1. The summed E-state index contributed by atoms with van der Waals surface area (Å²) in [6.07, 6.45) is 1.30. The molecule has 0 spiro atoms. The molecule has 1 rings (SSSR count). The quantitative estimate of drug-likeness (QED) is 0.713. The molecule has 94 valence electrons. The number of hydrogen-bond acceptors (Lipinski definition) is 3. The van der Waals surface area contributed by atoms with Crippen LogP contribution in [0.2, 0.25) is 0 Å². The summed E-state index contributed by atoms with van der Waals surface area (Å²) >= 11 is 0. The molecule has 1 atom stereocenters. The van der Waals surface area contributed by atoms with E-state index < -0.39 is 11.8 Å². The molecule has 1 aromatic carbocycles. The van der Waals surface area contributed by atoms with Crippen molar-refractivity contribution in [2.45, 2.75) is 25.8 Å². The molecule has 0 saturated heterocycles. The molecule has 0 aromatic heterocycles. The predicted octanol–water partition coefficient (Wildman–Crippen LogP) is 2.10. The third-order valence-electron chi connectivity index (χ3n) is 2.42. The average Bonchev–Trinajstić information content (AvgIpc) is 2.25. The lowest BCUT2D eigenvalue weighted by molar-refractivity contribution is 0.0693. The van der Waals surface area contributed by atoms with E-state index in [2.05, 4.69) is 5.32 Å². The number of hydrogen-bond donors (Lipinski definition) is 3. The largest absolute Gasteiger partial charge is 0.478 e. The van der Waals surface area contributed by atoms with Crippen LogP contribution in [0.15, 0.2) is 18.2 Å². The van der Waals surface area contributed by atoms with Gasteiger partial charge in [0.25, 0.3) is 0 Å². The fourth-order valence-electron chi connectivity index (χ4n) is 1.60. The number of halogens is 1. The van der Waals surface area contributed by atoms with Gasteiger partial charge < -0.3 is 15.5 Å². The SMILES string of the molecule is CC(CCCO)Nc1cccc(F)c1C(=O)O. The van der Waals surface area contributed by atoms with E-state index in [1.165, 1.54) is 12.1 Å². The maximum absolute atomic E-state index is 13.3. The first-order valence-corrected chi connectivity index (χ1v) is 5.45. The van der Waals surface area contributed by atoms with Crippen LogP contribution in [0, 0.1) is 5.82 Å². The Balaban J connectivity index is 2.83. The van der Waals surface area contributed by atoms with Gasteiger partial charge in [0, 0.05) is 12.6 Å². The molecule has 0 amide bonds. The molecule has 1 unspecified atom stereocenters. The van der Waals surface area contributed by atoms with Gasteiger partial charge in [0.1, 0.15) is 11.4 Å². The van der Waals surface area contributed by atoms with E-state index in [4.69, 9.17) is 10.2 Å². The summed E-state index contributed by atoms with van der Waals surface area (Å²) in [6.45, 7) is 1.94. The molecule has 17 heavy (non-hydrogen) atoms. The van der Waals surface area contributed by atoms with E-state index in [1.54, 1.807) is 0 Å². The fourth-order valence-corrected chi connectivity index (χ4v) is 1.60. The average molecular weight is 241 g/mol. The molecular weight excluding hydrogens is 225 g/mol. The van der Waals surface area contributed by atoms with Crippen LogP contribution < -0.4 is 5.32 Å². The van der Waals surface area contributed by atoms with Gasteiger partial charge >= 0.3 is 5.97 Å². The van der Waals surface area contributed by atoms with Gasteiger partial charge in [-0.1, -0.05) is 6.07 Å². The second-order valence-electron chi connectivity index (χ2n) is 3.88. The molecule has 5 heteroatoms. The summed E-state index contributed by atoms with van der Waals surface area (Å²) in [6, 6.07) is 4.08. The number of carbonyl (C=O) groups is 1. The van der Waals surface area contributed by atoms with Crippen molar-refractivity contribution in [1.82, 2.24) is 0 Å². The number of aromatic carboxylic acids is 1. The lowest BCUT2D eigenvalue weighted by Gasteiger charge is -2.16. The normalized spacial score (nSPS) is 12.2. The summed E-state index contributed by atoms with van der Waals surface area (Å²) < 4.78 is 13.3. The van der Waals surface area contributed by atoms with Crippen LogP contribution in [-0.4, -0.2) is 28.8 Å². The van der Waals surface area contributed by atoms with E-state index in [0.29, 0.717) is 12.8 Å². The highest BCUT2D eigenvalue weighted by molar-refractivity contribution is 5.94. The van der Waals surface area contributed by atoms with E-state index in [1.807, 2.05) is 6.92 Å². The highest BCUT2D eigenvalue weighted by atomic mass is 19.1. The van der Waals surface area contributed by atoms with Gasteiger partial charge in [-0.2, -0.15) is 0 Å². The van der Waals surface area contributed by atoms with Crippen LogP contribution in [0.4, 0.5) is 10.1 Å². The van der Waals surface area contributed by atoms with E-state index >= 15 is 0 Å². The topological polar surface area (TPSA) is 69.6 Å². The lowest BCUT2D eigenvalue weighted by atomic mass is 10.1. The van der Waals surface area contributed by atoms with Gasteiger partial charge in [-0.25, -0.2) is 9.18 Å². The van der Waals surface area contributed by atoms with Crippen molar-refractivity contribution in [2.75, 3.05) is 11.9 Å². The number of rotatable bonds is 6. The zero-order valence-corrected chi connectivity index (χ0v) is 9.61. The van der Waals surface area contributed by atoms with Crippen molar-refractivity contribution in [3.05, 3.63) is 29.6 Å². The van der Waals surface area contributed by atoms with Crippen LogP contribution >= 0.6 is 0 Å². The maximum atomic E-state index is 13.3. The molecule has 0 aliphatic rings. The summed E-state index contributed by atoms with van der Waals surface area (Å²) in [5.41, 5.74) is -0.0775. The van der Waals surface area contributed by atoms with Crippen LogP contribution in [0.3, 0.4) is 0 Å². The second kappa shape index (κ2) is 6.20. The first-order chi connectivity index (χ1) is 8.06. The van der Waals surface area contributed by atoms with E-state index in [-0.39, 0.29) is 23.9 Å². The number of nitrogens with one attached hydrogen (secondary N) is 1. The van der Waals surface area contributed by atoms with Crippen molar-refractivity contribution in [3.63, 3.8) is 0 Å². The zero-order valence-electron chi connectivity index (χ0n) is 9.61. The molecule has 1 aromatic rings. The smallest absolute Gasteiger partial charge is 0.340 e. The minimum atomic E-state index is -1.29. The lowest BCUT2D eigenvalue weighted by Crippen LogP contribution is -2.18. The Morgan fingerprint density at radius 3 is 2.82 bits per heavy atom. The molecule has 0 radical (unpaired) electrons. The number of carboxylic acids is 1. The van der Waals surface area contributed by atoms with Crippen molar-refractivity contribution in [3.8, 4) is 0 Å². The zero-order chi connectivity index (χ0) is 12.8. The number of anilines is 1. The summed E-state index contributed by atoms with van der Waals surface area (Å²) in [4.78, 5) is 10.9. The molecule has 4 nitrogen and oxygen atoms in total. The molecule has 3 N–H and O–H groups in total. The van der Waals surface area contributed by atoms with Gasteiger partial charge in [-0.05, 0) is 31.9 Å². The predicted molar refractivity (Wildman–Crippen MR) is 62.8 cm³/mol. The Bertz CT molecular complexity index is 395. The van der Waals surface area contributed by atoms with Gasteiger partial charge in [-0.15, -0.1) is 0 Å². The molecule has 0 saturated carbocycles. The van der Waals surface area contributed by atoms with Crippen LogP contribution in [0.1, 0.15) is 30.1 Å². The van der Waals surface area contributed by atoms with E-state index in [0.717, 1.165) is 6.07 Å². The minimum absolute atomic E-state index is 0.0259. The maximum Gasteiger partial charge on any atom is 0.340 e. The van der Waals surface area contributed by atoms with Gasteiger partial charge in [0.2, 0.25) is 0 Å². The Hall–Kier alpha value is -1.62. The Morgan fingerprint density at radius 1 is 1.53 bits per heavy atom. The number of benzene rings is 1. The third-order valence-corrected chi connectivity index (χ3v) is 2.42. The standard InChI is InChI=1S/C12H16FNO3/c1-8(4-3-7-15)14-10-6-2-5-9(13)11(10)12(16)17/h2,5-6,8,14-15H,3-4,7H2,1H3,(H,16,17). The van der Waals surface area contributed by atoms with Crippen molar-refractivity contribution in [2.24, 2.45) is 0 Å². The van der Waals surface area contributed by atoms with Gasteiger partial charge in [-0.3, -0.25) is 0 Å². The van der Waals surface area contributed by atoms with E-state index in [9.17, 15) is 9.18 Å². The highest BCUT2D eigenvalue weighted by Gasteiger charge is 2.16. The number of aliphatic hydroxyl groups is 1. The van der Waals surface area contributed by atoms with Crippen LogP contribution in [0.5, 0.6) is 0 Å². The second-order valence-corrected chi connectivity index (χ2v) is 3.88. The minimum Gasteiger partial charge on any atom is -0.478 e. The van der Waals surface area contributed by atoms with Crippen molar-refractivity contribution >= 4 is 11.7 Å². The van der Waals surface area contributed by atoms with Crippen molar-refractivity contribution in [1.29, 1.82) is 0 Å². The molecule has 0 aliphatic heterocycles. The Labute approximate surface area is 99.1 Å². The number of aliphatic hydroxyl groups excluding tert-OH is 1. The van der Waals surface area contributed by atoms with Crippen LogP contribution in [0.25, 0.3) is 0 Å². The first-order valence-electron chi connectivity index (χ1n) is 5.45. The molecular formula is C12H16FNO3. The Kier molecular flexibility index (Phi) is 4.90. The van der Waals surface area contributed by atoms with Gasteiger partial charge in [0.15, 0.2) is 0 Å². The Morgan fingerprint density at radius 2 is 2.24 bits per heavy atom. The first kappa shape index (κ1) is 13.4. The summed E-state index contributed by atoms with van der Waals surface area (Å²) in [7, 11) is 0. The molecule has 0 bridgehead atoms. The highest BCUT2D eigenvalue weighted by Crippen LogP contribution is 2.20.